The molecule has 124 valence electrons. The highest BCUT2D eigenvalue weighted by Crippen LogP contribution is 2.34. The van der Waals surface area contributed by atoms with E-state index in [2.05, 4.69) is 9.98 Å². The molecular formula is C16H13ClFN3O2S. The van der Waals surface area contributed by atoms with Gasteiger partial charge in [0.25, 0.3) is 0 Å². The SMILES string of the molecule is COC(=O)C1=C(C)N(c2ccc(F)cc2Cl)C(c2nccs2)=NC1. The first-order valence-corrected chi connectivity index (χ1v) is 8.26. The molecule has 2 heterocycles. The van der Waals surface area contributed by atoms with Crippen molar-refractivity contribution in [3.05, 3.63) is 56.9 Å². The summed E-state index contributed by atoms with van der Waals surface area (Å²) in [5.41, 5.74) is 1.55. The van der Waals surface area contributed by atoms with Crippen LogP contribution in [0.3, 0.4) is 0 Å². The molecule has 1 aliphatic heterocycles. The van der Waals surface area contributed by atoms with Gasteiger partial charge in [-0.1, -0.05) is 11.6 Å². The molecule has 0 fully saturated rings. The Balaban J connectivity index is 2.16. The number of aromatic nitrogens is 1. The summed E-state index contributed by atoms with van der Waals surface area (Å²) >= 11 is 7.64. The maximum absolute atomic E-state index is 13.4. The predicted molar refractivity (Wildman–Crippen MR) is 92.1 cm³/mol. The van der Waals surface area contributed by atoms with Crippen molar-refractivity contribution in [2.45, 2.75) is 6.92 Å². The molecule has 1 aromatic carbocycles. The number of rotatable bonds is 3. The van der Waals surface area contributed by atoms with E-state index < -0.39 is 11.8 Å². The lowest BCUT2D eigenvalue weighted by molar-refractivity contribution is -0.136. The van der Waals surface area contributed by atoms with Crippen LogP contribution < -0.4 is 4.90 Å². The largest absolute Gasteiger partial charge is 0.466 e. The average Bonchev–Trinajstić information content (AvgIpc) is 3.09. The van der Waals surface area contributed by atoms with Gasteiger partial charge in [-0.05, 0) is 25.1 Å². The van der Waals surface area contributed by atoms with Crippen molar-refractivity contribution in [2.24, 2.45) is 4.99 Å². The zero-order valence-electron chi connectivity index (χ0n) is 12.9. The second kappa shape index (κ2) is 6.70. The lowest BCUT2D eigenvalue weighted by atomic mass is 10.1. The van der Waals surface area contributed by atoms with Gasteiger partial charge < -0.3 is 4.74 Å². The van der Waals surface area contributed by atoms with Crippen LogP contribution in [0.2, 0.25) is 5.02 Å². The van der Waals surface area contributed by atoms with E-state index in [1.165, 1.54) is 30.6 Å². The molecule has 0 atom stereocenters. The monoisotopic (exact) mass is 365 g/mol. The molecule has 0 amide bonds. The molecule has 24 heavy (non-hydrogen) atoms. The molecule has 0 spiro atoms. The van der Waals surface area contributed by atoms with Crippen LogP contribution in [0.1, 0.15) is 11.9 Å². The number of carbonyl (C=O) groups excluding carboxylic acids is 1. The number of amidine groups is 1. The number of benzene rings is 1. The van der Waals surface area contributed by atoms with Gasteiger partial charge in [-0.2, -0.15) is 0 Å². The van der Waals surface area contributed by atoms with Crippen molar-refractivity contribution < 1.29 is 13.9 Å². The van der Waals surface area contributed by atoms with E-state index >= 15 is 0 Å². The van der Waals surface area contributed by atoms with E-state index in [0.29, 0.717) is 27.8 Å². The van der Waals surface area contributed by atoms with E-state index in [4.69, 9.17) is 16.3 Å². The molecule has 0 saturated carbocycles. The minimum atomic E-state index is -0.460. The number of hydrogen-bond acceptors (Lipinski definition) is 6. The standard InChI is InChI=1S/C16H13ClFN3O2S/c1-9-11(16(22)23-2)8-20-14(15-19-5-6-24-15)21(9)13-4-3-10(18)7-12(13)17/h3-7H,8H2,1-2H3. The van der Waals surface area contributed by atoms with Crippen LogP contribution in [0.5, 0.6) is 0 Å². The second-order valence-electron chi connectivity index (χ2n) is 4.96. The number of esters is 1. The smallest absolute Gasteiger partial charge is 0.337 e. The van der Waals surface area contributed by atoms with Crippen LogP contribution in [0.15, 0.2) is 46.0 Å². The topological polar surface area (TPSA) is 54.8 Å². The molecule has 0 unspecified atom stereocenters. The Labute approximate surface area is 147 Å². The molecule has 8 heteroatoms. The van der Waals surface area contributed by atoms with E-state index in [1.54, 1.807) is 24.1 Å². The third-order valence-corrected chi connectivity index (χ3v) is 4.65. The Bertz CT molecular complexity index is 849. The number of thiazole rings is 1. The molecule has 5 nitrogen and oxygen atoms in total. The number of halogens is 2. The lowest BCUT2D eigenvalue weighted by Gasteiger charge is -2.31. The normalized spacial score (nSPS) is 14.7. The van der Waals surface area contributed by atoms with Crippen LogP contribution in [0, 0.1) is 5.82 Å². The Morgan fingerprint density at radius 3 is 2.88 bits per heavy atom. The number of carbonyl (C=O) groups is 1. The molecule has 2 aromatic rings. The number of aliphatic imine (C=N–C) groups is 1. The number of nitrogens with zero attached hydrogens (tertiary/aromatic N) is 3. The first kappa shape index (κ1) is 16.6. The molecule has 0 saturated heterocycles. The summed E-state index contributed by atoms with van der Waals surface area (Å²) in [5.74, 6) is -0.343. The highest BCUT2D eigenvalue weighted by molar-refractivity contribution is 7.11. The summed E-state index contributed by atoms with van der Waals surface area (Å²) in [6.45, 7) is 1.96. The van der Waals surface area contributed by atoms with Gasteiger partial charge in [0, 0.05) is 17.3 Å². The van der Waals surface area contributed by atoms with Crippen molar-refractivity contribution in [2.75, 3.05) is 18.6 Å². The van der Waals surface area contributed by atoms with Crippen molar-refractivity contribution >= 4 is 40.4 Å². The van der Waals surface area contributed by atoms with E-state index in [1.807, 2.05) is 5.38 Å². The van der Waals surface area contributed by atoms with Crippen LogP contribution in [-0.4, -0.2) is 30.4 Å². The molecular weight excluding hydrogens is 353 g/mol. The Morgan fingerprint density at radius 1 is 1.46 bits per heavy atom. The van der Waals surface area contributed by atoms with E-state index in [0.717, 1.165) is 0 Å². The first-order valence-electron chi connectivity index (χ1n) is 7.00. The van der Waals surface area contributed by atoms with Gasteiger partial charge in [0.05, 0.1) is 29.9 Å². The summed E-state index contributed by atoms with van der Waals surface area (Å²) in [7, 11) is 1.32. The molecule has 3 rings (SSSR count). The van der Waals surface area contributed by atoms with Crippen LogP contribution in [0.25, 0.3) is 0 Å². The molecule has 0 N–H and O–H groups in total. The third-order valence-electron chi connectivity index (χ3n) is 3.58. The Kier molecular flexibility index (Phi) is 4.64. The van der Waals surface area contributed by atoms with Gasteiger partial charge in [-0.3, -0.25) is 9.89 Å². The van der Waals surface area contributed by atoms with Gasteiger partial charge in [0.1, 0.15) is 5.82 Å². The quantitative estimate of drug-likeness (QED) is 0.779. The molecule has 1 aromatic heterocycles. The molecule has 0 radical (unpaired) electrons. The Hall–Kier alpha value is -2.25. The number of anilines is 1. The highest BCUT2D eigenvalue weighted by atomic mass is 35.5. The van der Waals surface area contributed by atoms with E-state index in [-0.39, 0.29) is 11.6 Å². The van der Waals surface area contributed by atoms with Gasteiger partial charge >= 0.3 is 5.97 Å². The van der Waals surface area contributed by atoms with Crippen LogP contribution in [-0.2, 0) is 9.53 Å². The minimum absolute atomic E-state index is 0.183. The Morgan fingerprint density at radius 2 is 2.25 bits per heavy atom. The van der Waals surface area contributed by atoms with Crippen molar-refractivity contribution in [3.8, 4) is 0 Å². The maximum Gasteiger partial charge on any atom is 0.337 e. The summed E-state index contributed by atoms with van der Waals surface area (Å²) in [4.78, 5) is 22.5. The summed E-state index contributed by atoms with van der Waals surface area (Å²) in [6.07, 6.45) is 1.67. The van der Waals surface area contributed by atoms with Gasteiger partial charge in [-0.15, -0.1) is 11.3 Å². The summed E-state index contributed by atoms with van der Waals surface area (Å²) in [6, 6.07) is 4.07. The molecule has 0 bridgehead atoms. The van der Waals surface area contributed by atoms with Gasteiger partial charge in [0.15, 0.2) is 10.8 Å². The van der Waals surface area contributed by atoms with Crippen LogP contribution in [0.4, 0.5) is 10.1 Å². The average molecular weight is 366 g/mol. The molecule has 1 aliphatic rings. The van der Waals surface area contributed by atoms with Gasteiger partial charge in [0.2, 0.25) is 0 Å². The van der Waals surface area contributed by atoms with Crippen molar-refractivity contribution in [3.63, 3.8) is 0 Å². The summed E-state index contributed by atoms with van der Waals surface area (Å²) in [5, 5.41) is 2.72. The van der Waals surface area contributed by atoms with Crippen molar-refractivity contribution in [1.82, 2.24) is 4.98 Å². The zero-order chi connectivity index (χ0) is 17.3. The van der Waals surface area contributed by atoms with Crippen LogP contribution >= 0.6 is 22.9 Å². The highest BCUT2D eigenvalue weighted by Gasteiger charge is 2.30. The zero-order valence-corrected chi connectivity index (χ0v) is 14.5. The predicted octanol–water partition coefficient (Wildman–Crippen LogP) is 3.65. The second-order valence-corrected chi connectivity index (χ2v) is 6.27. The lowest BCUT2D eigenvalue weighted by Crippen LogP contribution is -2.36. The molecule has 0 aliphatic carbocycles. The van der Waals surface area contributed by atoms with Crippen molar-refractivity contribution in [1.29, 1.82) is 0 Å². The number of hydrogen-bond donors (Lipinski definition) is 0. The third kappa shape index (κ3) is 2.92. The minimum Gasteiger partial charge on any atom is -0.466 e. The van der Waals surface area contributed by atoms with E-state index in [9.17, 15) is 9.18 Å². The fourth-order valence-corrected chi connectivity index (χ4v) is 3.31. The number of ether oxygens (including phenoxy) is 1. The fourth-order valence-electron chi connectivity index (χ4n) is 2.42. The number of methoxy groups -OCH3 is 1. The first-order chi connectivity index (χ1) is 11.5. The summed E-state index contributed by atoms with van der Waals surface area (Å²) < 4.78 is 18.2. The number of allylic oxidation sites excluding steroid dienone is 1. The fraction of sp³-hybridized carbons (Fsp3) is 0.188. The van der Waals surface area contributed by atoms with Gasteiger partial charge in [-0.25, -0.2) is 14.2 Å². The maximum atomic E-state index is 13.4.